The Balaban J connectivity index is 1.81. The van der Waals surface area contributed by atoms with Crippen molar-refractivity contribution >= 4 is 0 Å². The summed E-state index contributed by atoms with van der Waals surface area (Å²) in [4.78, 5) is 0. The summed E-state index contributed by atoms with van der Waals surface area (Å²) in [5.41, 5.74) is 1.20. The van der Waals surface area contributed by atoms with E-state index in [1.165, 1.54) is 31.2 Å². The third kappa shape index (κ3) is 2.70. The summed E-state index contributed by atoms with van der Waals surface area (Å²) in [6.45, 7) is 4.20. The van der Waals surface area contributed by atoms with Crippen LogP contribution in [0.15, 0.2) is 24.3 Å². The quantitative estimate of drug-likeness (QED) is 0.898. The summed E-state index contributed by atoms with van der Waals surface area (Å²) in [6.07, 6.45) is 5.07. The number of morpholine rings is 1. The van der Waals surface area contributed by atoms with E-state index in [2.05, 4.69) is 24.4 Å². The molecule has 3 atom stereocenters. The Morgan fingerprint density at radius 2 is 2.20 bits per heavy atom. The molecule has 0 aromatic heterocycles. The number of para-hydroxylation sites is 1. The Kier molecular flexibility index (Phi) is 3.99. The summed E-state index contributed by atoms with van der Waals surface area (Å²) in [6, 6.07) is 8.21. The molecule has 1 saturated heterocycles. The molecular weight excluding hydrogens is 250 g/mol. The van der Waals surface area contributed by atoms with Crippen LogP contribution >= 0.6 is 0 Å². The van der Waals surface area contributed by atoms with Crippen molar-refractivity contribution < 1.29 is 9.47 Å². The molecule has 3 heteroatoms. The highest BCUT2D eigenvalue weighted by Crippen LogP contribution is 2.41. The van der Waals surface area contributed by atoms with Crippen molar-refractivity contribution in [3.8, 4) is 5.75 Å². The lowest BCUT2D eigenvalue weighted by Gasteiger charge is -2.46. The fraction of sp³-hybridized carbons (Fsp3) is 0.647. The molecule has 2 fully saturated rings. The van der Waals surface area contributed by atoms with E-state index < -0.39 is 0 Å². The smallest absolute Gasteiger partial charge is 0.124 e. The molecule has 20 heavy (non-hydrogen) atoms. The molecule has 0 amide bonds. The molecule has 3 unspecified atom stereocenters. The third-order valence-corrected chi connectivity index (χ3v) is 4.70. The van der Waals surface area contributed by atoms with Crippen molar-refractivity contribution in [3.63, 3.8) is 0 Å². The molecule has 2 aliphatic rings. The number of ether oxygens (including phenoxy) is 2. The van der Waals surface area contributed by atoms with Crippen LogP contribution in [0.2, 0.25) is 0 Å². The molecule has 1 heterocycles. The highest BCUT2D eigenvalue weighted by Gasteiger charge is 2.41. The van der Waals surface area contributed by atoms with Gasteiger partial charge in [-0.25, -0.2) is 0 Å². The van der Waals surface area contributed by atoms with Gasteiger partial charge in [-0.3, -0.25) is 0 Å². The zero-order valence-corrected chi connectivity index (χ0v) is 12.5. The summed E-state index contributed by atoms with van der Waals surface area (Å²) in [5, 5.41) is 3.59. The van der Waals surface area contributed by atoms with E-state index in [9.17, 15) is 0 Å². The maximum Gasteiger partial charge on any atom is 0.124 e. The Hall–Kier alpha value is -1.06. The van der Waals surface area contributed by atoms with E-state index in [0.717, 1.165) is 24.8 Å². The predicted octanol–water partition coefficient (Wildman–Crippen LogP) is 3.31. The molecule has 1 aliphatic carbocycles. The molecule has 0 bridgehead atoms. The number of rotatable bonds is 2. The summed E-state index contributed by atoms with van der Waals surface area (Å²) in [7, 11) is 1.73. The Labute approximate surface area is 121 Å². The molecule has 3 rings (SSSR count). The standard InChI is InChI=1S/C17H25NO2/c1-13-6-5-9-17(10-13)12-18-11-16(20-17)14-7-3-4-8-15(14)19-2/h3-4,7-8,13,16,18H,5-6,9-12H2,1-2H3. The fourth-order valence-electron chi connectivity index (χ4n) is 3.80. The van der Waals surface area contributed by atoms with Crippen LogP contribution in [-0.2, 0) is 4.74 Å². The molecule has 110 valence electrons. The highest BCUT2D eigenvalue weighted by molar-refractivity contribution is 5.35. The minimum absolute atomic E-state index is 0.0292. The van der Waals surface area contributed by atoms with Crippen molar-refractivity contribution in [1.29, 1.82) is 0 Å². The van der Waals surface area contributed by atoms with Crippen LogP contribution in [0.25, 0.3) is 0 Å². The van der Waals surface area contributed by atoms with Gasteiger partial charge in [-0.05, 0) is 24.8 Å². The SMILES string of the molecule is COc1ccccc1C1CNCC2(CCCC(C)C2)O1. The first-order valence-corrected chi connectivity index (χ1v) is 7.74. The Bertz CT molecular complexity index is 458. The maximum atomic E-state index is 6.57. The average molecular weight is 275 g/mol. The molecular formula is C17H25NO2. The molecule has 1 N–H and O–H groups in total. The Morgan fingerprint density at radius 1 is 1.35 bits per heavy atom. The number of methoxy groups -OCH3 is 1. The zero-order chi connectivity index (χ0) is 14.0. The van der Waals surface area contributed by atoms with Crippen LogP contribution in [0, 0.1) is 5.92 Å². The van der Waals surface area contributed by atoms with Crippen LogP contribution < -0.4 is 10.1 Å². The average Bonchev–Trinajstić information content (AvgIpc) is 2.47. The first-order chi connectivity index (χ1) is 9.72. The van der Waals surface area contributed by atoms with E-state index in [1.807, 2.05) is 12.1 Å². The maximum absolute atomic E-state index is 6.57. The van der Waals surface area contributed by atoms with Gasteiger partial charge in [0, 0.05) is 18.7 Å². The van der Waals surface area contributed by atoms with E-state index in [0.29, 0.717) is 0 Å². The second kappa shape index (κ2) is 5.74. The van der Waals surface area contributed by atoms with Crippen LogP contribution in [0.1, 0.15) is 44.3 Å². The first kappa shape index (κ1) is 13.9. The van der Waals surface area contributed by atoms with E-state index in [-0.39, 0.29) is 11.7 Å². The summed E-state index contributed by atoms with van der Waals surface area (Å²) in [5.74, 6) is 1.70. The van der Waals surface area contributed by atoms with Crippen molar-refractivity contribution in [1.82, 2.24) is 5.32 Å². The molecule has 0 radical (unpaired) electrons. The van der Waals surface area contributed by atoms with E-state index in [1.54, 1.807) is 7.11 Å². The van der Waals surface area contributed by atoms with Gasteiger partial charge in [0.15, 0.2) is 0 Å². The van der Waals surface area contributed by atoms with Gasteiger partial charge in [-0.2, -0.15) is 0 Å². The van der Waals surface area contributed by atoms with Crippen LogP contribution in [0.4, 0.5) is 0 Å². The van der Waals surface area contributed by atoms with E-state index >= 15 is 0 Å². The normalized spacial score (nSPS) is 34.1. The van der Waals surface area contributed by atoms with Crippen LogP contribution in [0.5, 0.6) is 5.75 Å². The van der Waals surface area contributed by atoms with Crippen molar-refractivity contribution in [3.05, 3.63) is 29.8 Å². The van der Waals surface area contributed by atoms with Crippen molar-refractivity contribution in [2.75, 3.05) is 20.2 Å². The summed E-state index contributed by atoms with van der Waals surface area (Å²) < 4.78 is 12.1. The highest BCUT2D eigenvalue weighted by atomic mass is 16.5. The lowest BCUT2D eigenvalue weighted by atomic mass is 9.77. The molecule has 1 aliphatic heterocycles. The van der Waals surface area contributed by atoms with Crippen LogP contribution in [0.3, 0.4) is 0 Å². The monoisotopic (exact) mass is 275 g/mol. The van der Waals surface area contributed by atoms with Crippen molar-refractivity contribution in [2.24, 2.45) is 5.92 Å². The minimum atomic E-state index is 0.0292. The minimum Gasteiger partial charge on any atom is -0.496 e. The first-order valence-electron chi connectivity index (χ1n) is 7.74. The zero-order valence-electron chi connectivity index (χ0n) is 12.5. The molecule has 3 nitrogen and oxygen atoms in total. The lowest BCUT2D eigenvalue weighted by molar-refractivity contribution is -0.143. The summed E-state index contributed by atoms with van der Waals surface area (Å²) >= 11 is 0. The number of nitrogens with one attached hydrogen (secondary N) is 1. The van der Waals surface area contributed by atoms with Gasteiger partial charge in [0.25, 0.3) is 0 Å². The molecule has 1 saturated carbocycles. The van der Waals surface area contributed by atoms with Crippen LogP contribution in [-0.4, -0.2) is 25.8 Å². The van der Waals surface area contributed by atoms with Gasteiger partial charge in [0.2, 0.25) is 0 Å². The second-order valence-electron chi connectivity index (χ2n) is 6.36. The third-order valence-electron chi connectivity index (χ3n) is 4.70. The van der Waals surface area contributed by atoms with E-state index in [4.69, 9.17) is 9.47 Å². The largest absolute Gasteiger partial charge is 0.496 e. The van der Waals surface area contributed by atoms with Gasteiger partial charge in [-0.15, -0.1) is 0 Å². The van der Waals surface area contributed by atoms with Gasteiger partial charge in [-0.1, -0.05) is 38.0 Å². The van der Waals surface area contributed by atoms with Gasteiger partial charge in [0.05, 0.1) is 18.8 Å². The number of hydrogen-bond donors (Lipinski definition) is 1. The Morgan fingerprint density at radius 3 is 3.00 bits per heavy atom. The van der Waals surface area contributed by atoms with Gasteiger partial charge < -0.3 is 14.8 Å². The topological polar surface area (TPSA) is 30.5 Å². The predicted molar refractivity (Wildman–Crippen MR) is 80.1 cm³/mol. The lowest BCUT2D eigenvalue weighted by Crippen LogP contribution is -2.53. The molecule has 1 aromatic carbocycles. The fourth-order valence-corrected chi connectivity index (χ4v) is 3.80. The molecule has 1 aromatic rings. The molecule has 1 spiro atoms. The van der Waals surface area contributed by atoms with Gasteiger partial charge in [0.1, 0.15) is 5.75 Å². The number of benzene rings is 1. The number of hydrogen-bond acceptors (Lipinski definition) is 3. The van der Waals surface area contributed by atoms with Crippen molar-refractivity contribution in [2.45, 2.75) is 44.3 Å². The van der Waals surface area contributed by atoms with Gasteiger partial charge >= 0.3 is 0 Å². The second-order valence-corrected chi connectivity index (χ2v) is 6.36.